The van der Waals surface area contributed by atoms with Crippen LogP contribution in [0.1, 0.15) is 31.4 Å². The molecule has 7 heteroatoms. The maximum Gasteiger partial charge on any atom is 0.344 e. The summed E-state index contributed by atoms with van der Waals surface area (Å²) in [7, 11) is -3.72. The molecule has 1 aromatic rings. The molecule has 0 aliphatic carbocycles. The number of nitrogens with zero attached hydrogens (tertiary/aromatic N) is 1. The van der Waals surface area contributed by atoms with Gasteiger partial charge >= 0.3 is 10.2 Å². The van der Waals surface area contributed by atoms with E-state index in [0.717, 1.165) is 12.0 Å². The molecule has 5 N–H and O–H groups in total. The second-order valence-electron chi connectivity index (χ2n) is 5.38. The van der Waals surface area contributed by atoms with Crippen molar-refractivity contribution in [3.8, 4) is 0 Å². The third-order valence-electron chi connectivity index (χ3n) is 2.90. The van der Waals surface area contributed by atoms with Gasteiger partial charge in [-0.05, 0) is 38.3 Å². The van der Waals surface area contributed by atoms with Crippen molar-refractivity contribution in [2.75, 3.05) is 4.72 Å². The zero-order chi connectivity index (χ0) is 14.3. The molecule has 0 spiro atoms. The molecule has 0 atom stereocenters. The van der Waals surface area contributed by atoms with Crippen molar-refractivity contribution in [2.45, 2.75) is 32.2 Å². The van der Waals surface area contributed by atoms with Gasteiger partial charge in [-0.1, -0.05) is 12.1 Å². The summed E-state index contributed by atoms with van der Waals surface area (Å²) in [6, 6.07) is 5.37. The van der Waals surface area contributed by atoms with Gasteiger partial charge in [0.25, 0.3) is 0 Å². The Morgan fingerprint density at radius 3 is 2.68 bits per heavy atom. The van der Waals surface area contributed by atoms with Gasteiger partial charge in [-0.15, -0.1) is 4.40 Å². The van der Waals surface area contributed by atoms with Gasteiger partial charge < -0.3 is 11.5 Å². The monoisotopic (exact) mass is 282 g/mol. The van der Waals surface area contributed by atoms with E-state index in [1.54, 1.807) is 12.1 Å². The number of fused-ring (bicyclic) bond motifs is 1. The first-order valence-corrected chi connectivity index (χ1v) is 7.41. The van der Waals surface area contributed by atoms with Crippen LogP contribution in [0.4, 0.5) is 5.69 Å². The van der Waals surface area contributed by atoms with Crippen molar-refractivity contribution in [2.24, 2.45) is 15.9 Å². The lowest BCUT2D eigenvalue weighted by Gasteiger charge is -2.22. The van der Waals surface area contributed by atoms with E-state index >= 15 is 0 Å². The summed E-state index contributed by atoms with van der Waals surface area (Å²) in [4.78, 5) is 0. The quantitative estimate of drug-likeness (QED) is 0.759. The first-order valence-electron chi connectivity index (χ1n) is 5.97. The number of nitrogens with two attached hydrogens (primary N) is 2. The lowest BCUT2D eigenvalue weighted by atomic mass is 9.93. The number of aryl methyl sites for hydroxylation is 1. The highest BCUT2D eigenvalue weighted by Gasteiger charge is 2.23. The number of benzene rings is 1. The molecule has 0 fully saturated rings. The molecule has 2 rings (SSSR count). The van der Waals surface area contributed by atoms with Crippen molar-refractivity contribution in [3.05, 3.63) is 29.3 Å². The van der Waals surface area contributed by atoms with Gasteiger partial charge in [-0.2, -0.15) is 8.42 Å². The minimum Gasteiger partial charge on any atom is -0.382 e. The number of anilines is 1. The molecule has 0 unspecified atom stereocenters. The zero-order valence-electron chi connectivity index (χ0n) is 11.0. The van der Waals surface area contributed by atoms with Crippen LogP contribution in [0.15, 0.2) is 22.6 Å². The highest BCUT2D eigenvalue weighted by molar-refractivity contribution is 7.91. The first-order chi connectivity index (χ1) is 8.68. The molecule has 0 aromatic heterocycles. The summed E-state index contributed by atoms with van der Waals surface area (Å²) in [6.45, 7) is 3.89. The predicted octanol–water partition coefficient (Wildman–Crippen LogP) is 0.732. The molecule has 1 aliphatic heterocycles. The Bertz CT molecular complexity index is 630. The van der Waals surface area contributed by atoms with Crippen LogP contribution in [-0.4, -0.2) is 19.8 Å². The van der Waals surface area contributed by atoms with Crippen LogP contribution in [0.2, 0.25) is 0 Å². The summed E-state index contributed by atoms with van der Waals surface area (Å²) in [6.07, 6.45) is 1.48. The third kappa shape index (κ3) is 3.24. The van der Waals surface area contributed by atoms with Crippen LogP contribution in [0, 0.1) is 0 Å². The normalized spacial score (nSPS) is 17.3. The van der Waals surface area contributed by atoms with Crippen molar-refractivity contribution in [1.29, 1.82) is 0 Å². The highest BCUT2D eigenvalue weighted by atomic mass is 32.2. The first kappa shape index (κ1) is 13.8. The molecule has 1 heterocycles. The maximum absolute atomic E-state index is 11.5. The molecule has 1 aromatic carbocycles. The summed E-state index contributed by atoms with van der Waals surface area (Å²) in [5, 5.41) is 0. The van der Waals surface area contributed by atoms with Gasteiger partial charge in [0.15, 0.2) is 0 Å². The number of hydrogen-bond acceptors (Lipinski definition) is 4. The van der Waals surface area contributed by atoms with Gasteiger partial charge in [0, 0.05) is 11.1 Å². The SMILES string of the molecule is CC(C)(N)CCc1cccc2c1C(N)=NS(=O)(=O)N2. The van der Waals surface area contributed by atoms with Crippen LogP contribution in [0.3, 0.4) is 0 Å². The van der Waals surface area contributed by atoms with Gasteiger partial charge in [0.2, 0.25) is 0 Å². The summed E-state index contributed by atoms with van der Waals surface area (Å²) in [5.41, 5.74) is 13.5. The number of amidine groups is 1. The minimum atomic E-state index is -3.72. The van der Waals surface area contributed by atoms with E-state index in [4.69, 9.17) is 11.5 Å². The predicted molar refractivity (Wildman–Crippen MR) is 76.3 cm³/mol. The van der Waals surface area contributed by atoms with Crippen LogP contribution in [0.5, 0.6) is 0 Å². The fraction of sp³-hybridized carbons (Fsp3) is 0.417. The highest BCUT2D eigenvalue weighted by Crippen LogP contribution is 2.26. The summed E-state index contributed by atoms with van der Waals surface area (Å²) < 4.78 is 28.8. The zero-order valence-corrected chi connectivity index (χ0v) is 11.8. The van der Waals surface area contributed by atoms with Gasteiger partial charge in [-0.25, -0.2) is 0 Å². The van der Waals surface area contributed by atoms with Gasteiger partial charge in [0.1, 0.15) is 5.84 Å². The van der Waals surface area contributed by atoms with E-state index in [0.29, 0.717) is 17.7 Å². The van der Waals surface area contributed by atoms with Gasteiger partial charge in [0.05, 0.1) is 5.69 Å². The molecule has 1 aliphatic rings. The topological polar surface area (TPSA) is 111 Å². The van der Waals surface area contributed by atoms with E-state index in [-0.39, 0.29) is 11.4 Å². The van der Waals surface area contributed by atoms with Crippen LogP contribution < -0.4 is 16.2 Å². The Kier molecular flexibility index (Phi) is 3.27. The lowest BCUT2D eigenvalue weighted by molar-refractivity contribution is 0.477. The Hall–Kier alpha value is -1.60. The largest absolute Gasteiger partial charge is 0.382 e. The molecule has 0 saturated carbocycles. The van der Waals surface area contributed by atoms with Crippen molar-refractivity contribution >= 4 is 21.7 Å². The third-order valence-corrected chi connectivity index (χ3v) is 3.82. The van der Waals surface area contributed by atoms with Crippen LogP contribution in [0.25, 0.3) is 0 Å². The molecule has 0 saturated heterocycles. The lowest BCUT2D eigenvalue weighted by Crippen LogP contribution is -2.33. The number of rotatable bonds is 3. The maximum atomic E-state index is 11.5. The Labute approximate surface area is 113 Å². The number of hydrogen-bond donors (Lipinski definition) is 3. The average molecular weight is 282 g/mol. The Balaban J connectivity index is 2.40. The minimum absolute atomic E-state index is 0.0270. The second kappa shape index (κ2) is 4.50. The Morgan fingerprint density at radius 1 is 1.37 bits per heavy atom. The summed E-state index contributed by atoms with van der Waals surface area (Å²) in [5.74, 6) is 0.0270. The second-order valence-corrected chi connectivity index (χ2v) is 6.72. The number of nitrogens with one attached hydrogen (secondary N) is 1. The van der Waals surface area contributed by atoms with E-state index in [1.165, 1.54) is 0 Å². The fourth-order valence-electron chi connectivity index (χ4n) is 1.99. The molecule has 0 radical (unpaired) electrons. The molecule has 19 heavy (non-hydrogen) atoms. The van der Waals surface area contributed by atoms with E-state index < -0.39 is 10.2 Å². The fourth-order valence-corrected chi connectivity index (χ4v) is 2.83. The van der Waals surface area contributed by atoms with Crippen molar-refractivity contribution < 1.29 is 8.42 Å². The summed E-state index contributed by atoms with van der Waals surface area (Å²) >= 11 is 0. The molecule has 104 valence electrons. The van der Waals surface area contributed by atoms with E-state index in [9.17, 15) is 8.42 Å². The van der Waals surface area contributed by atoms with Crippen LogP contribution in [-0.2, 0) is 16.6 Å². The Morgan fingerprint density at radius 2 is 2.05 bits per heavy atom. The van der Waals surface area contributed by atoms with Crippen molar-refractivity contribution in [3.63, 3.8) is 0 Å². The van der Waals surface area contributed by atoms with Crippen LogP contribution >= 0.6 is 0 Å². The van der Waals surface area contributed by atoms with E-state index in [2.05, 4.69) is 9.12 Å². The molecule has 0 amide bonds. The average Bonchev–Trinajstić information content (AvgIpc) is 2.22. The molecule has 0 bridgehead atoms. The van der Waals surface area contributed by atoms with Gasteiger partial charge in [-0.3, -0.25) is 4.72 Å². The van der Waals surface area contributed by atoms with E-state index in [1.807, 2.05) is 19.9 Å². The molecular weight excluding hydrogens is 264 g/mol. The molecular formula is C12H18N4O2S. The molecule has 6 nitrogen and oxygen atoms in total. The smallest absolute Gasteiger partial charge is 0.344 e. The standard InChI is InChI=1S/C12H18N4O2S/c1-12(2,14)7-6-8-4-3-5-9-10(8)11(13)16-19(17,18)15-9/h3-5,15H,6-7,14H2,1-2H3,(H2,13,16). The van der Waals surface area contributed by atoms with Crippen molar-refractivity contribution in [1.82, 2.24) is 0 Å².